The molecular weight excluding hydrogens is 1650 g/mol. The molecular formula is C128H90N8. The Labute approximate surface area is 789 Å². The third-order valence-corrected chi connectivity index (χ3v) is 27.4. The Kier molecular flexibility index (Phi) is 19.9. The molecule has 0 unspecified atom stereocenters. The van der Waals surface area contributed by atoms with Crippen LogP contribution in [0.3, 0.4) is 0 Å². The smallest absolute Gasteiger partial charge is 0.0993 e. The van der Waals surface area contributed by atoms with Gasteiger partial charge in [-0.25, -0.2) is 9.97 Å². The van der Waals surface area contributed by atoms with Crippen LogP contribution in [-0.4, -0.2) is 28.2 Å². The average molecular weight is 1740 g/mol. The van der Waals surface area contributed by atoms with Gasteiger partial charge >= 0.3 is 0 Å². The molecule has 0 amide bonds. The van der Waals surface area contributed by atoms with Crippen molar-refractivity contribution < 1.29 is 0 Å². The monoisotopic (exact) mass is 1740 g/mol. The van der Waals surface area contributed by atoms with Crippen LogP contribution in [-0.2, 0) is 6.42 Å². The van der Waals surface area contributed by atoms with Gasteiger partial charge in [-0.2, -0.15) is 10.5 Å². The first-order valence-corrected chi connectivity index (χ1v) is 46.6. The Morgan fingerprint density at radius 1 is 0.191 bits per heavy atom. The lowest BCUT2D eigenvalue weighted by Gasteiger charge is -2.21. The zero-order valence-corrected chi connectivity index (χ0v) is 76.5. The highest BCUT2D eigenvalue weighted by Crippen LogP contribution is 2.49. The summed E-state index contributed by atoms with van der Waals surface area (Å²) in [4.78, 5) is 11.6. The predicted molar refractivity (Wildman–Crippen MR) is 566 cm³/mol. The van der Waals surface area contributed by atoms with Gasteiger partial charge in [-0.15, -0.1) is 0 Å². The van der Waals surface area contributed by atoms with Crippen LogP contribution in [0.25, 0.3) is 222 Å². The van der Waals surface area contributed by atoms with Crippen LogP contribution in [0.5, 0.6) is 0 Å². The fourth-order valence-electron chi connectivity index (χ4n) is 21.6. The van der Waals surface area contributed by atoms with Gasteiger partial charge in [-0.1, -0.05) is 324 Å². The highest BCUT2D eigenvalue weighted by atomic mass is 15.0. The van der Waals surface area contributed by atoms with E-state index in [1.54, 1.807) is 0 Å². The van der Waals surface area contributed by atoms with E-state index < -0.39 is 0 Å². The summed E-state index contributed by atoms with van der Waals surface area (Å²) in [6.07, 6.45) is 0.627. The molecule has 0 saturated heterocycles. The number of aromatic nitrogens is 6. The molecule has 0 radical (unpaired) electrons. The number of rotatable bonds is 16. The molecule has 0 fully saturated rings. The Bertz CT molecular complexity index is 9110. The van der Waals surface area contributed by atoms with Crippen molar-refractivity contribution in [3.05, 3.63) is 468 Å². The minimum atomic E-state index is 0.512. The molecule has 24 aromatic rings. The van der Waals surface area contributed by atoms with Crippen LogP contribution < -0.4 is 0 Å². The summed E-state index contributed by atoms with van der Waals surface area (Å²) in [5, 5.41) is 32.1. The molecule has 0 spiro atoms. The van der Waals surface area contributed by atoms with Gasteiger partial charge in [0.15, 0.2) is 0 Å². The molecule has 0 saturated carbocycles. The summed E-state index contributed by atoms with van der Waals surface area (Å²) in [5.41, 5.74) is 43.4. The largest absolute Gasteiger partial charge is 0.308 e. The molecule has 0 N–H and O–H groups in total. The van der Waals surface area contributed by atoms with Crippen LogP contribution in [0.4, 0.5) is 0 Å². The number of pyridine rings is 2. The number of nitrogens with zero attached hydrogens (tertiary/aromatic N) is 8. The van der Waals surface area contributed by atoms with Gasteiger partial charge in [-0.05, 0) is 254 Å². The molecule has 0 atom stereocenters. The highest BCUT2D eigenvalue weighted by Gasteiger charge is 2.29. The van der Waals surface area contributed by atoms with Crippen molar-refractivity contribution >= 4 is 87.2 Å². The van der Waals surface area contributed by atoms with Gasteiger partial charge in [0.1, 0.15) is 0 Å². The molecule has 18 aromatic carbocycles. The van der Waals surface area contributed by atoms with E-state index in [-0.39, 0.29) is 0 Å². The average Bonchev–Trinajstić information content (AvgIpc) is 1.56. The molecule has 8 heteroatoms. The summed E-state index contributed by atoms with van der Waals surface area (Å²) >= 11 is 0. The zero-order chi connectivity index (χ0) is 91.7. The van der Waals surface area contributed by atoms with E-state index in [9.17, 15) is 10.5 Å². The molecule has 0 aliphatic rings. The number of benzene rings is 18. The van der Waals surface area contributed by atoms with Gasteiger partial charge in [-0.3, -0.25) is 0 Å². The molecule has 136 heavy (non-hydrogen) atoms. The lowest BCUT2D eigenvalue weighted by atomic mass is 9.95. The van der Waals surface area contributed by atoms with Crippen molar-refractivity contribution in [3.8, 4) is 147 Å². The van der Waals surface area contributed by atoms with Crippen molar-refractivity contribution in [2.75, 3.05) is 0 Å². The summed E-state index contributed by atoms with van der Waals surface area (Å²) in [5.74, 6) is 0. The van der Waals surface area contributed by atoms with Gasteiger partial charge in [0.2, 0.25) is 0 Å². The molecule has 0 aliphatic heterocycles. The zero-order valence-electron chi connectivity index (χ0n) is 76.5. The maximum atomic E-state index is 11.7. The Balaban J connectivity index is 0.683. The molecule has 642 valence electrons. The van der Waals surface area contributed by atoms with Gasteiger partial charge in [0.25, 0.3) is 0 Å². The fourth-order valence-corrected chi connectivity index (χ4v) is 21.6. The molecule has 0 aliphatic carbocycles. The van der Waals surface area contributed by atoms with Crippen LogP contribution in [0, 0.1) is 71.1 Å². The topological polar surface area (TPSA) is 93.1 Å². The second-order valence-electron chi connectivity index (χ2n) is 36.9. The van der Waals surface area contributed by atoms with E-state index >= 15 is 0 Å². The van der Waals surface area contributed by atoms with E-state index in [0.717, 1.165) is 233 Å². The third-order valence-electron chi connectivity index (χ3n) is 27.4. The second kappa shape index (κ2) is 33.1. The van der Waals surface area contributed by atoms with E-state index in [2.05, 4.69) is 485 Å². The Hall–Kier alpha value is -17.6. The van der Waals surface area contributed by atoms with Crippen LogP contribution in [0.1, 0.15) is 61.2 Å². The summed E-state index contributed by atoms with van der Waals surface area (Å²) in [6.45, 7) is 15.2. The molecule has 0 bridgehead atoms. The van der Waals surface area contributed by atoms with Crippen LogP contribution in [0.2, 0.25) is 0 Å². The second-order valence-corrected chi connectivity index (χ2v) is 36.9. The normalized spacial score (nSPS) is 11.7. The maximum Gasteiger partial charge on any atom is 0.0993 e. The molecule has 24 rings (SSSR count). The summed E-state index contributed by atoms with van der Waals surface area (Å²) in [6, 6.07) is 153. The van der Waals surface area contributed by atoms with Crippen molar-refractivity contribution in [1.82, 2.24) is 28.2 Å². The lowest BCUT2D eigenvalue weighted by Crippen LogP contribution is -2.06. The number of fused-ring (bicyclic) bond motifs is 12. The number of para-hydroxylation sites is 3. The Morgan fingerprint density at radius 3 is 0.956 bits per heavy atom. The SMILES string of the molecule is Cc1cc(C)cc(-c2ccc3c(c2)c2ccccc2n3-c2cc(C#N)cc(-n3c4ccc(Cc5cc(C)cc(-c6ccc7c8ccccc8n(-c8cc(C#N)cc(-n9c%10ccccc%10c%10ccc(-c%11cc(C)cc(C)c%11)cc%109)c8-c8cccc(-c9cccc(-c%10ccccc%10)c9)n8)c7c6)c5)cc4c4cc(-c5cc(C)cc(C)c5)ccc43)c2-c2cccc(-c3ccc(-c4ccccc4)cc3)n2)c1. The van der Waals surface area contributed by atoms with Gasteiger partial charge in [0.05, 0.1) is 113 Å². The first-order chi connectivity index (χ1) is 66.6. The fraction of sp³-hybridized carbons (Fsp3) is 0.0625. The van der Waals surface area contributed by atoms with Gasteiger partial charge in [0, 0.05) is 65.3 Å². The van der Waals surface area contributed by atoms with Crippen molar-refractivity contribution in [2.24, 2.45) is 0 Å². The number of hydrogen-bond acceptors (Lipinski definition) is 4. The highest BCUT2D eigenvalue weighted by molar-refractivity contribution is 6.16. The predicted octanol–water partition coefficient (Wildman–Crippen LogP) is 33.0. The minimum Gasteiger partial charge on any atom is -0.308 e. The van der Waals surface area contributed by atoms with Crippen LogP contribution in [0.15, 0.2) is 406 Å². The quantitative estimate of drug-likeness (QED) is 0.0963. The van der Waals surface area contributed by atoms with E-state index in [1.165, 1.54) is 38.9 Å². The van der Waals surface area contributed by atoms with E-state index in [0.29, 0.717) is 17.5 Å². The lowest BCUT2D eigenvalue weighted by molar-refractivity contribution is 1.12. The van der Waals surface area contributed by atoms with E-state index in [1.807, 2.05) is 0 Å². The molecule has 6 heterocycles. The van der Waals surface area contributed by atoms with Gasteiger partial charge < -0.3 is 18.3 Å². The van der Waals surface area contributed by atoms with E-state index in [4.69, 9.17) is 9.97 Å². The maximum absolute atomic E-state index is 11.7. The first kappa shape index (κ1) is 81.7. The first-order valence-electron chi connectivity index (χ1n) is 46.6. The number of hydrogen-bond donors (Lipinski definition) is 0. The van der Waals surface area contributed by atoms with Crippen LogP contribution >= 0.6 is 0 Å². The van der Waals surface area contributed by atoms with Crippen molar-refractivity contribution in [3.63, 3.8) is 0 Å². The standard InChI is InChI=1S/C128H90N8/c1-78-53-79(2)58-99(57-78)94-46-51-119-109(72-94)105-31-16-19-38-117(105)133(119)123-67-87(76-129)68-124(127(123)113-34-21-32-111(131-113)92-42-40-91(41-43-92)89-23-10-8-11-24-89)134-118-50-39-85(66-108(118)110-73-95(47-52-120(110)134)100-59-80(3)54-81(4)60-100)64-86-56-84(7)63-102(65-86)97-45-49-107-104-30-15-18-37-116(104)136(122(107)75-97)126-70-88(77-130)69-125(128(126)114-35-22-33-112(132-114)98-28-20-27-93(71-98)90-25-12-9-13-26-90)135-115-36-17-14-29-103(115)106-48-44-96(74-121(106)135)101-61-82(5)55-83(6)62-101/h8-63,65-75H,64H2,1-7H3. The number of nitriles is 2. The van der Waals surface area contributed by atoms with Crippen molar-refractivity contribution in [1.29, 1.82) is 10.5 Å². The third kappa shape index (κ3) is 14.4. The summed E-state index contributed by atoms with van der Waals surface area (Å²) < 4.78 is 9.56. The Morgan fingerprint density at radius 2 is 0.493 bits per heavy atom. The molecule has 8 nitrogen and oxygen atoms in total. The molecule has 6 aromatic heterocycles. The summed E-state index contributed by atoms with van der Waals surface area (Å²) in [7, 11) is 0. The van der Waals surface area contributed by atoms with Crippen molar-refractivity contribution in [2.45, 2.75) is 54.9 Å². The minimum absolute atomic E-state index is 0.512. The number of aryl methyl sites for hydroxylation is 7.